The molecule has 4 aromatic rings. The summed E-state index contributed by atoms with van der Waals surface area (Å²) in [5.74, 6) is 0.175. The van der Waals surface area contributed by atoms with Crippen molar-refractivity contribution in [3.05, 3.63) is 126 Å². The Morgan fingerprint density at radius 3 is 1.70 bits per heavy atom. The minimum atomic E-state index is -3.08. The van der Waals surface area contributed by atoms with Crippen LogP contribution in [0.1, 0.15) is 35.7 Å². The molecule has 6 heteroatoms. The third-order valence-corrected chi connectivity index (χ3v) is 7.77. The molecule has 0 atom stereocenters. The fourth-order valence-electron chi connectivity index (χ4n) is 4.33. The third-order valence-electron chi connectivity index (χ3n) is 5.98. The van der Waals surface area contributed by atoms with Crippen LogP contribution in [0.5, 0.6) is 0 Å². The standard InChI is InChI=1S/C27H27FN2O2S/c1-2-33(31,32)20-12-19-25-21-30(26(28)29-25)27(22-13-6-3-7-14-22,23-15-8-4-9-16-23)24-17-10-5-11-18-24/h3-11,13-18,21H,2,12,19-20H2,1H3. The lowest BCUT2D eigenvalue weighted by molar-refractivity contribution is 0.397. The van der Waals surface area contributed by atoms with Gasteiger partial charge < -0.3 is 0 Å². The highest BCUT2D eigenvalue weighted by molar-refractivity contribution is 7.91. The Morgan fingerprint density at radius 1 is 0.818 bits per heavy atom. The monoisotopic (exact) mass is 462 g/mol. The van der Waals surface area contributed by atoms with E-state index in [0.29, 0.717) is 18.5 Å². The lowest BCUT2D eigenvalue weighted by atomic mass is 9.76. The summed E-state index contributed by atoms with van der Waals surface area (Å²) >= 11 is 0. The molecule has 0 unspecified atom stereocenters. The molecule has 1 aromatic heterocycles. The number of sulfone groups is 1. The summed E-state index contributed by atoms with van der Waals surface area (Å²) in [6, 6.07) is 29.4. The first kappa shape index (κ1) is 22.9. The molecule has 1 heterocycles. The molecule has 0 fully saturated rings. The molecular weight excluding hydrogens is 435 g/mol. The zero-order chi connectivity index (χ0) is 23.3. The number of aryl methyl sites for hydroxylation is 1. The molecule has 3 aromatic carbocycles. The molecule has 0 bridgehead atoms. The number of imidazole rings is 1. The number of aromatic nitrogens is 2. The fraction of sp³-hybridized carbons (Fsp3) is 0.222. The van der Waals surface area contributed by atoms with Crippen molar-refractivity contribution in [1.29, 1.82) is 0 Å². The van der Waals surface area contributed by atoms with Crippen molar-refractivity contribution in [2.24, 2.45) is 0 Å². The van der Waals surface area contributed by atoms with Crippen LogP contribution in [0, 0.1) is 6.08 Å². The highest BCUT2D eigenvalue weighted by Gasteiger charge is 2.40. The number of hydrogen-bond donors (Lipinski definition) is 0. The van der Waals surface area contributed by atoms with E-state index in [9.17, 15) is 8.42 Å². The van der Waals surface area contributed by atoms with Gasteiger partial charge in [-0.15, -0.1) is 0 Å². The van der Waals surface area contributed by atoms with Gasteiger partial charge in [-0.1, -0.05) is 97.9 Å². The predicted molar refractivity (Wildman–Crippen MR) is 129 cm³/mol. The molecule has 0 spiro atoms. The van der Waals surface area contributed by atoms with E-state index in [-0.39, 0.29) is 11.5 Å². The van der Waals surface area contributed by atoms with Gasteiger partial charge in [-0.05, 0) is 29.5 Å². The Bertz CT molecular complexity index is 1190. The molecule has 0 aliphatic rings. The fourth-order valence-corrected chi connectivity index (χ4v) is 5.20. The second-order valence-corrected chi connectivity index (χ2v) is 10.5. The normalized spacial score (nSPS) is 12.1. The van der Waals surface area contributed by atoms with Crippen LogP contribution in [-0.2, 0) is 21.8 Å². The van der Waals surface area contributed by atoms with Crippen molar-refractivity contribution in [3.63, 3.8) is 0 Å². The minimum Gasteiger partial charge on any atom is -0.289 e. The Kier molecular flexibility index (Phi) is 6.75. The Labute approximate surface area is 194 Å². The smallest absolute Gasteiger partial charge is 0.289 e. The van der Waals surface area contributed by atoms with Gasteiger partial charge in [0.2, 0.25) is 0 Å². The first-order chi connectivity index (χ1) is 16.0. The zero-order valence-corrected chi connectivity index (χ0v) is 19.4. The van der Waals surface area contributed by atoms with Crippen molar-refractivity contribution in [3.8, 4) is 0 Å². The third kappa shape index (κ3) is 4.62. The van der Waals surface area contributed by atoms with E-state index in [1.807, 2.05) is 91.0 Å². The van der Waals surface area contributed by atoms with E-state index < -0.39 is 21.5 Å². The topological polar surface area (TPSA) is 52.0 Å². The second-order valence-electron chi connectivity index (χ2n) is 8.02. The summed E-state index contributed by atoms with van der Waals surface area (Å²) in [5, 5.41) is 0. The number of halogens is 1. The summed E-state index contributed by atoms with van der Waals surface area (Å²) in [5.41, 5.74) is 2.26. The summed E-state index contributed by atoms with van der Waals surface area (Å²) in [7, 11) is -3.08. The van der Waals surface area contributed by atoms with Gasteiger partial charge in [0.05, 0.1) is 11.4 Å². The molecule has 33 heavy (non-hydrogen) atoms. The van der Waals surface area contributed by atoms with Gasteiger partial charge in [0, 0.05) is 11.9 Å². The van der Waals surface area contributed by atoms with Gasteiger partial charge in [0.25, 0.3) is 6.08 Å². The van der Waals surface area contributed by atoms with Gasteiger partial charge in [0.15, 0.2) is 0 Å². The number of hydrogen-bond acceptors (Lipinski definition) is 3. The first-order valence-corrected chi connectivity index (χ1v) is 12.9. The van der Waals surface area contributed by atoms with Crippen LogP contribution in [0.25, 0.3) is 0 Å². The van der Waals surface area contributed by atoms with E-state index in [4.69, 9.17) is 0 Å². The Morgan fingerprint density at radius 2 is 1.27 bits per heavy atom. The molecule has 4 nitrogen and oxygen atoms in total. The molecule has 0 saturated carbocycles. The van der Waals surface area contributed by atoms with E-state index in [1.54, 1.807) is 17.7 Å². The van der Waals surface area contributed by atoms with Crippen LogP contribution in [0.4, 0.5) is 4.39 Å². The number of nitrogens with zero attached hydrogens (tertiary/aromatic N) is 2. The second kappa shape index (κ2) is 9.71. The molecule has 0 saturated heterocycles. The maximum absolute atomic E-state index is 15.6. The van der Waals surface area contributed by atoms with Gasteiger partial charge >= 0.3 is 0 Å². The number of rotatable bonds is 9. The quantitative estimate of drug-likeness (QED) is 0.320. The van der Waals surface area contributed by atoms with Crippen LogP contribution in [0.15, 0.2) is 97.2 Å². The maximum Gasteiger partial charge on any atom is 0.290 e. The highest BCUT2D eigenvalue weighted by atomic mass is 32.2. The van der Waals surface area contributed by atoms with Crippen LogP contribution in [0.3, 0.4) is 0 Å². The van der Waals surface area contributed by atoms with Gasteiger partial charge in [-0.3, -0.25) is 4.57 Å². The van der Waals surface area contributed by atoms with Crippen molar-refractivity contribution < 1.29 is 12.8 Å². The summed E-state index contributed by atoms with van der Waals surface area (Å²) in [6.07, 6.45) is 1.90. The lowest BCUT2D eigenvalue weighted by Crippen LogP contribution is -2.38. The molecule has 0 aliphatic carbocycles. The van der Waals surface area contributed by atoms with Crippen molar-refractivity contribution in [2.75, 3.05) is 11.5 Å². The van der Waals surface area contributed by atoms with Crippen LogP contribution < -0.4 is 0 Å². The summed E-state index contributed by atoms with van der Waals surface area (Å²) in [4.78, 5) is 4.20. The Hall–Kier alpha value is -3.25. The SMILES string of the molecule is CCS(=O)(=O)CCCc1cn(C(c2ccccc2)(c2ccccc2)c2ccccc2)c(F)n1. The zero-order valence-electron chi connectivity index (χ0n) is 18.6. The summed E-state index contributed by atoms with van der Waals surface area (Å²) < 4.78 is 41.0. The number of benzene rings is 3. The molecule has 0 aliphatic heterocycles. The van der Waals surface area contributed by atoms with E-state index in [1.165, 1.54) is 0 Å². The average molecular weight is 463 g/mol. The van der Waals surface area contributed by atoms with E-state index in [0.717, 1.165) is 16.7 Å². The average Bonchev–Trinajstić information content (AvgIpc) is 3.22. The lowest BCUT2D eigenvalue weighted by Gasteiger charge is -2.37. The molecule has 0 N–H and O–H groups in total. The largest absolute Gasteiger partial charge is 0.290 e. The van der Waals surface area contributed by atoms with E-state index in [2.05, 4.69) is 4.98 Å². The van der Waals surface area contributed by atoms with Crippen molar-refractivity contribution >= 4 is 9.84 Å². The van der Waals surface area contributed by atoms with Crippen molar-refractivity contribution in [2.45, 2.75) is 25.3 Å². The molecule has 0 amide bonds. The predicted octanol–water partition coefficient (Wildman–Crippen LogP) is 5.23. The molecule has 4 rings (SSSR count). The van der Waals surface area contributed by atoms with Crippen LogP contribution in [0.2, 0.25) is 0 Å². The molecular formula is C27H27FN2O2S. The molecule has 0 radical (unpaired) electrons. The van der Waals surface area contributed by atoms with Gasteiger partial charge in [-0.2, -0.15) is 4.39 Å². The summed E-state index contributed by atoms with van der Waals surface area (Å²) in [6.45, 7) is 1.64. The van der Waals surface area contributed by atoms with Crippen molar-refractivity contribution in [1.82, 2.24) is 9.55 Å². The minimum absolute atomic E-state index is 0.0686. The van der Waals surface area contributed by atoms with E-state index >= 15 is 4.39 Å². The highest BCUT2D eigenvalue weighted by Crippen LogP contribution is 2.41. The molecule has 170 valence electrons. The first-order valence-electron chi connectivity index (χ1n) is 11.1. The maximum atomic E-state index is 15.6. The van der Waals surface area contributed by atoms with Gasteiger partial charge in [0.1, 0.15) is 15.4 Å². The van der Waals surface area contributed by atoms with Crippen LogP contribution in [-0.4, -0.2) is 29.5 Å². The van der Waals surface area contributed by atoms with Crippen LogP contribution >= 0.6 is 0 Å². The Balaban J connectivity index is 1.89. The van der Waals surface area contributed by atoms with Gasteiger partial charge in [-0.25, -0.2) is 13.4 Å².